The number of para-hydroxylation sites is 1. The minimum absolute atomic E-state index is 0.0606. The summed E-state index contributed by atoms with van der Waals surface area (Å²) in [5.41, 5.74) is 0.238. The van der Waals surface area contributed by atoms with Gasteiger partial charge in [-0.3, -0.25) is 4.79 Å². The largest absolute Gasteiger partial charge is 0.382 e. The smallest absolute Gasteiger partial charge is 0.306 e. The number of amides is 1. The van der Waals surface area contributed by atoms with Crippen molar-refractivity contribution in [1.82, 2.24) is 10.2 Å². The Morgan fingerprint density at radius 3 is 2.52 bits per heavy atom. The van der Waals surface area contributed by atoms with Gasteiger partial charge < -0.3 is 14.4 Å². The summed E-state index contributed by atoms with van der Waals surface area (Å²) in [6, 6.07) is 6.46. The van der Waals surface area contributed by atoms with Gasteiger partial charge in [0.1, 0.15) is 0 Å². The summed E-state index contributed by atoms with van der Waals surface area (Å²) < 4.78 is 27.3. The fourth-order valence-corrected chi connectivity index (χ4v) is 2.78. The van der Waals surface area contributed by atoms with Crippen LogP contribution in [0.3, 0.4) is 0 Å². The third-order valence-electron chi connectivity index (χ3n) is 3.43. The van der Waals surface area contributed by atoms with E-state index in [0.717, 1.165) is 32.2 Å². The highest BCUT2D eigenvalue weighted by atomic mass is 32.2. The van der Waals surface area contributed by atoms with Crippen LogP contribution < -0.4 is 9.50 Å². The molecular formula is C14H20N2O4S. The van der Waals surface area contributed by atoms with E-state index in [4.69, 9.17) is 4.18 Å². The van der Waals surface area contributed by atoms with E-state index < -0.39 is 10.1 Å². The van der Waals surface area contributed by atoms with Gasteiger partial charge in [-0.05, 0) is 45.1 Å². The van der Waals surface area contributed by atoms with Gasteiger partial charge in [-0.1, -0.05) is 12.1 Å². The van der Waals surface area contributed by atoms with Gasteiger partial charge in [0.2, 0.25) is 0 Å². The molecule has 1 fully saturated rings. The molecular weight excluding hydrogens is 292 g/mol. The monoisotopic (exact) mass is 312 g/mol. The van der Waals surface area contributed by atoms with Gasteiger partial charge >= 0.3 is 10.1 Å². The lowest BCUT2D eigenvalue weighted by Crippen LogP contribution is -2.43. The van der Waals surface area contributed by atoms with Gasteiger partial charge in [0.25, 0.3) is 5.91 Å². The predicted molar refractivity (Wildman–Crippen MR) is 79.9 cm³/mol. The summed E-state index contributed by atoms with van der Waals surface area (Å²) in [5, 5.41) is 2.94. The van der Waals surface area contributed by atoms with E-state index in [2.05, 4.69) is 10.2 Å². The number of likely N-dealkylation sites (tertiary alicyclic amines) is 1. The second-order valence-electron chi connectivity index (χ2n) is 5.33. The topological polar surface area (TPSA) is 75.7 Å². The normalized spacial score (nSPS) is 17.4. The van der Waals surface area contributed by atoms with Crippen molar-refractivity contribution in [3.8, 4) is 5.75 Å². The van der Waals surface area contributed by atoms with E-state index in [9.17, 15) is 13.2 Å². The molecule has 21 heavy (non-hydrogen) atoms. The van der Waals surface area contributed by atoms with Crippen LogP contribution in [0, 0.1) is 0 Å². The van der Waals surface area contributed by atoms with Crippen molar-refractivity contribution in [3.05, 3.63) is 29.8 Å². The fourth-order valence-electron chi connectivity index (χ4n) is 2.31. The fraction of sp³-hybridized carbons (Fsp3) is 0.500. The molecule has 0 bridgehead atoms. The lowest BCUT2D eigenvalue weighted by molar-refractivity contribution is 0.0915. The third-order valence-corrected chi connectivity index (χ3v) is 3.91. The quantitative estimate of drug-likeness (QED) is 0.834. The summed E-state index contributed by atoms with van der Waals surface area (Å²) in [7, 11) is -1.61. The summed E-state index contributed by atoms with van der Waals surface area (Å²) in [6.07, 6.45) is 2.73. The van der Waals surface area contributed by atoms with Crippen LogP contribution in [0.25, 0.3) is 0 Å². The van der Waals surface area contributed by atoms with Crippen molar-refractivity contribution >= 4 is 16.0 Å². The molecule has 116 valence electrons. The molecule has 7 heteroatoms. The van der Waals surface area contributed by atoms with Crippen molar-refractivity contribution in [3.63, 3.8) is 0 Å². The maximum absolute atomic E-state index is 12.3. The van der Waals surface area contributed by atoms with Gasteiger partial charge in [0, 0.05) is 6.04 Å². The highest BCUT2D eigenvalue weighted by Crippen LogP contribution is 2.20. The number of piperidine rings is 1. The SMILES string of the molecule is CN1CCC(NC(=O)c2ccccc2OS(C)(=O)=O)CC1. The number of carbonyl (C=O) groups excluding carboxylic acids is 1. The molecule has 0 radical (unpaired) electrons. The number of benzene rings is 1. The minimum atomic E-state index is -3.66. The molecule has 1 aromatic carbocycles. The lowest BCUT2D eigenvalue weighted by atomic mass is 10.0. The average Bonchev–Trinajstić information content (AvgIpc) is 2.40. The van der Waals surface area contributed by atoms with Crippen LogP contribution in [-0.4, -0.2) is 51.7 Å². The molecule has 1 N–H and O–H groups in total. The molecule has 0 aliphatic carbocycles. The van der Waals surface area contributed by atoms with E-state index >= 15 is 0 Å². The van der Waals surface area contributed by atoms with Crippen molar-refractivity contribution in [2.75, 3.05) is 26.4 Å². The second-order valence-corrected chi connectivity index (χ2v) is 6.91. The molecule has 1 saturated heterocycles. The predicted octanol–water partition coefficient (Wildman–Crippen LogP) is 0.849. The van der Waals surface area contributed by atoms with E-state index in [0.29, 0.717) is 0 Å². The van der Waals surface area contributed by atoms with E-state index in [1.807, 2.05) is 7.05 Å². The first-order valence-corrected chi connectivity index (χ1v) is 8.65. The highest BCUT2D eigenvalue weighted by molar-refractivity contribution is 7.86. The molecule has 1 aliphatic rings. The Labute approximate surface area is 125 Å². The van der Waals surface area contributed by atoms with Crippen LogP contribution in [0.2, 0.25) is 0 Å². The summed E-state index contributed by atoms with van der Waals surface area (Å²) >= 11 is 0. The van der Waals surface area contributed by atoms with Crippen molar-refractivity contribution in [2.45, 2.75) is 18.9 Å². The molecule has 0 saturated carbocycles. The standard InChI is InChI=1S/C14H20N2O4S/c1-16-9-7-11(8-10-16)15-14(17)12-5-3-4-6-13(12)20-21(2,18)19/h3-6,11H,7-10H2,1-2H3,(H,15,17). The van der Waals surface area contributed by atoms with Gasteiger partial charge in [0.05, 0.1) is 11.8 Å². The van der Waals surface area contributed by atoms with Gasteiger partial charge in [0.15, 0.2) is 5.75 Å². The van der Waals surface area contributed by atoms with Crippen LogP contribution in [0.15, 0.2) is 24.3 Å². The van der Waals surface area contributed by atoms with E-state index in [-0.39, 0.29) is 23.3 Å². The van der Waals surface area contributed by atoms with Crippen LogP contribution in [0.5, 0.6) is 5.75 Å². The minimum Gasteiger partial charge on any atom is -0.382 e. The average molecular weight is 312 g/mol. The molecule has 1 heterocycles. The number of nitrogens with one attached hydrogen (secondary N) is 1. The first kappa shape index (κ1) is 15.8. The maximum Gasteiger partial charge on any atom is 0.306 e. The van der Waals surface area contributed by atoms with E-state index in [1.54, 1.807) is 18.2 Å². The molecule has 0 aromatic heterocycles. The van der Waals surface area contributed by atoms with Gasteiger partial charge in [-0.2, -0.15) is 8.42 Å². The number of carbonyl (C=O) groups is 1. The lowest BCUT2D eigenvalue weighted by Gasteiger charge is -2.29. The maximum atomic E-state index is 12.3. The molecule has 0 unspecified atom stereocenters. The highest BCUT2D eigenvalue weighted by Gasteiger charge is 2.21. The van der Waals surface area contributed by atoms with Gasteiger partial charge in [-0.15, -0.1) is 0 Å². The molecule has 2 rings (SSSR count). The molecule has 1 amide bonds. The molecule has 1 aliphatic heterocycles. The van der Waals surface area contributed by atoms with Crippen LogP contribution >= 0.6 is 0 Å². The second kappa shape index (κ2) is 6.44. The Hall–Kier alpha value is -1.60. The van der Waals surface area contributed by atoms with E-state index in [1.165, 1.54) is 6.07 Å². The van der Waals surface area contributed by atoms with Crippen LogP contribution in [0.4, 0.5) is 0 Å². The zero-order valence-electron chi connectivity index (χ0n) is 12.2. The van der Waals surface area contributed by atoms with Crippen molar-refractivity contribution < 1.29 is 17.4 Å². The molecule has 1 aromatic rings. The summed E-state index contributed by atoms with van der Waals surface area (Å²) in [4.78, 5) is 14.5. The number of hydrogen-bond donors (Lipinski definition) is 1. The van der Waals surface area contributed by atoms with Crippen molar-refractivity contribution in [2.24, 2.45) is 0 Å². The zero-order valence-corrected chi connectivity index (χ0v) is 13.0. The first-order valence-electron chi connectivity index (χ1n) is 6.83. The Morgan fingerprint density at radius 2 is 1.90 bits per heavy atom. The Bertz CT molecular complexity index is 607. The number of rotatable bonds is 4. The third kappa shape index (κ3) is 4.71. The number of hydrogen-bond acceptors (Lipinski definition) is 5. The number of nitrogens with zero attached hydrogens (tertiary/aromatic N) is 1. The Balaban J connectivity index is 2.09. The van der Waals surface area contributed by atoms with Crippen molar-refractivity contribution in [1.29, 1.82) is 0 Å². The van der Waals surface area contributed by atoms with Crippen LogP contribution in [-0.2, 0) is 10.1 Å². The Kier molecular flexibility index (Phi) is 4.84. The molecule has 0 spiro atoms. The first-order chi connectivity index (χ1) is 9.85. The van der Waals surface area contributed by atoms with Crippen LogP contribution in [0.1, 0.15) is 23.2 Å². The summed E-state index contributed by atoms with van der Waals surface area (Å²) in [5.74, 6) is -0.241. The zero-order chi connectivity index (χ0) is 15.5. The summed E-state index contributed by atoms with van der Waals surface area (Å²) in [6.45, 7) is 1.87. The molecule has 6 nitrogen and oxygen atoms in total. The molecule has 0 atom stereocenters. The Morgan fingerprint density at radius 1 is 1.29 bits per heavy atom. The van der Waals surface area contributed by atoms with Gasteiger partial charge in [-0.25, -0.2) is 0 Å².